The summed E-state index contributed by atoms with van der Waals surface area (Å²) in [5.74, 6) is 0.384. The van der Waals surface area contributed by atoms with Crippen molar-refractivity contribution in [2.75, 3.05) is 27.4 Å². The standard InChI is InChI=1S/C17H26N4O4/c1-11-14(12(2)20(4)18-11)9-21(7-8-23-5)17(22)16-15(10-24-6)13(3)25-19-16/h7-10H2,1-6H3. The van der Waals surface area contributed by atoms with E-state index in [9.17, 15) is 4.79 Å². The number of carbonyl (C=O) groups excluding carboxylic acids is 1. The summed E-state index contributed by atoms with van der Waals surface area (Å²) in [5, 5.41) is 8.37. The van der Waals surface area contributed by atoms with E-state index in [-0.39, 0.29) is 18.2 Å². The Bertz CT molecular complexity index is 735. The van der Waals surface area contributed by atoms with Crippen LogP contribution in [0.1, 0.15) is 38.8 Å². The number of hydrogen-bond acceptors (Lipinski definition) is 6. The molecule has 0 unspecified atom stereocenters. The summed E-state index contributed by atoms with van der Waals surface area (Å²) in [4.78, 5) is 14.8. The van der Waals surface area contributed by atoms with Crippen molar-refractivity contribution < 1.29 is 18.8 Å². The first-order valence-electron chi connectivity index (χ1n) is 8.12. The van der Waals surface area contributed by atoms with Gasteiger partial charge >= 0.3 is 0 Å². The molecular weight excluding hydrogens is 324 g/mol. The number of methoxy groups -OCH3 is 2. The summed E-state index contributed by atoms with van der Waals surface area (Å²) in [6.07, 6.45) is 0. The predicted octanol–water partition coefficient (Wildman–Crippen LogP) is 1.77. The average Bonchev–Trinajstić information content (AvgIpc) is 3.05. The lowest BCUT2D eigenvalue weighted by Gasteiger charge is -2.22. The van der Waals surface area contributed by atoms with Crippen LogP contribution in [0, 0.1) is 20.8 Å². The van der Waals surface area contributed by atoms with Gasteiger partial charge in [-0.25, -0.2) is 0 Å². The molecule has 8 nitrogen and oxygen atoms in total. The van der Waals surface area contributed by atoms with E-state index in [1.807, 2.05) is 25.6 Å². The molecule has 0 aromatic carbocycles. The highest BCUT2D eigenvalue weighted by Crippen LogP contribution is 2.20. The lowest BCUT2D eigenvalue weighted by atomic mass is 10.1. The molecule has 25 heavy (non-hydrogen) atoms. The van der Waals surface area contributed by atoms with Crippen molar-refractivity contribution in [2.45, 2.75) is 33.9 Å². The molecular formula is C17H26N4O4. The van der Waals surface area contributed by atoms with Crippen LogP contribution in [0.2, 0.25) is 0 Å². The quantitative estimate of drug-likeness (QED) is 0.721. The largest absolute Gasteiger partial charge is 0.383 e. The summed E-state index contributed by atoms with van der Waals surface area (Å²) < 4.78 is 17.4. The van der Waals surface area contributed by atoms with Crippen LogP contribution in [-0.4, -0.2) is 53.1 Å². The van der Waals surface area contributed by atoms with Gasteiger partial charge in [0.25, 0.3) is 5.91 Å². The molecule has 2 aromatic heterocycles. The van der Waals surface area contributed by atoms with Crippen molar-refractivity contribution in [1.82, 2.24) is 19.8 Å². The maximum atomic E-state index is 13.1. The minimum Gasteiger partial charge on any atom is -0.383 e. The Balaban J connectivity index is 2.32. The third-order valence-electron chi connectivity index (χ3n) is 4.34. The normalized spacial score (nSPS) is 11.1. The molecule has 2 aromatic rings. The molecule has 138 valence electrons. The molecule has 0 saturated heterocycles. The zero-order valence-electron chi connectivity index (χ0n) is 15.8. The number of hydrogen-bond donors (Lipinski definition) is 0. The van der Waals surface area contributed by atoms with E-state index in [2.05, 4.69) is 10.3 Å². The van der Waals surface area contributed by atoms with Crippen LogP contribution in [0.5, 0.6) is 0 Å². The molecule has 0 bridgehead atoms. The van der Waals surface area contributed by atoms with Crippen LogP contribution in [0.15, 0.2) is 4.52 Å². The van der Waals surface area contributed by atoms with Gasteiger partial charge in [0.2, 0.25) is 0 Å². The van der Waals surface area contributed by atoms with Crippen LogP contribution in [0.25, 0.3) is 0 Å². The lowest BCUT2D eigenvalue weighted by Crippen LogP contribution is -2.34. The number of nitrogens with zero attached hydrogens (tertiary/aromatic N) is 4. The monoisotopic (exact) mass is 350 g/mol. The average molecular weight is 350 g/mol. The van der Waals surface area contributed by atoms with Gasteiger partial charge in [0, 0.05) is 45.6 Å². The van der Waals surface area contributed by atoms with Crippen molar-refractivity contribution in [2.24, 2.45) is 7.05 Å². The van der Waals surface area contributed by atoms with Crippen molar-refractivity contribution in [1.29, 1.82) is 0 Å². The summed E-state index contributed by atoms with van der Waals surface area (Å²) in [7, 11) is 5.08. The van der Waals surface area contributed by atoms with E-state index < -0.39 is 0 Å². The summed E-state index contributed by atoms with van der Waals surface area (Å²) in [5.41, 5.74) is 3.93. The van der Waals surface area contributed by atoms with Gasteiger partial charge in [0.05, 0.1) is 24.5 Å². The number of aryl methyl sites for hydroxylation is 3. The Kier molecular flexibility index (Phi) is 6.33. The first-order valence-corrected chi connectivity index (χ1v) is 8.12. The Morgan fingerprint density at radius 1 is 1.20 bits per heavy atom. The second-order valence-corrected chi connectivity index (χ2v) is 5.99. The molecule has 0 aliphatic carbocycles. The molecule has 0 aliphatic rings. The molecule has 0 aliphatic heterocycles. The van der Waals surface area contributed by atoms with Crippen LogP contribution >= 0.6 is 0 Å². The van der Waals surface area contributed by atoms with Crippen LogP contribution in [0.4, 0.5) is 0 Å². The van der Waals surface area contributed by atoms with Crippen LogP contribution < -0.4 is 0 Å². The minimum absolute atomic E-state index is 0.205. The Labute approximate surface area is 147 Å². The van der Waals surface area contributed by atoms with Gasteiger partial charge in [-0.3, -0.25) is 9.48 Å². The first kappa shape index (κ1) is 19.1. The van der Waals surface area contributed by atoms with Gasteiger partial charge in [-0.05, 0) is 20.8 Å². The second-order valence-electron chi connectivity index (χ2n) is 5.99. The van der Waals surface area contributed by atoms with Crippen LogP contribution in [0.3, 0.4) is 0 Å². The molecule has 0 atom stereocenters. The van der Waals surface area contributed by atoms with Gasteiger partial charge in [-0.1, -0.05) is 5.16 Å². The van der Waals surface area contributed by atoms with E-state index in [4.69, 9.17) is 14.0 Å². The number of carbonyl (C=O) groups is 1. The van der Waals surface area contributed by atoms with Gasteiger partial charge in [0.1, 0.15) is 5.76 Å². The van der Waals surface area contributed by atoms with E-state index in [1.54, 1.807) is 26.0 Å². The summed E-state index contributed by atoms with van der Waals surface area (Å²) >= 11 is 0. The van der Waals surface area contributed by atoms with E-state index in [0.717, 1.165) is 17.0 Å². The Morgan fingerprint density at radius 3 is 2.48 bits per heavy atom. The van der Waals surface area contributed by atoms with Gasteiger partial charge in [0.15, 0.2) is 5.69 Å². The number of aromatic nitrogens is 3. The molecule has 0 radical (unpaired) electrons. The van der Waals surface area contributed by atoms with Crippen molar-refractivity contribution >= 4 is 5.91 Å². The van der Waals surface area contributed by atoms with Crippen molar-refractivity contribution in [3.05, 3.63) is 34.0 Å². The van der Waals surface area contributed by atoms with Gasteiger partial charge in [-0.15, -0.1) is 0 Å². The van der Waals surface area contributed by atoms with E-state index in [0.29, 0.717) is 31.0 Å². The predicted molar refractivity (Wildman–Crippen MR) is 91.3 cm³/mol. The SMILES string of the molecule is COCCN(Cc1c(C)nn(C)c1C)C(=O)c1noc(C)c1COC. The highest BCUT2D eigenvalue weighted by atomic mass is 16.5. The highest BCUT2D eigenvalue weighted by molar-refractivity contribution is 5.93. The molecule has 1 amide bonds. The third kappa shape index (κ3) is 4.08. The molecule has 2 heterocycles. The third-order valence-corrected chi connectivity index (χ3v) is 4.34. The summed E-state index contributed by atoms with van der Waals surface area (Å²) in [6.45, 7) is 7.29. The minimum atomic E-state index is -0.205. The second kappa shape index (κ2) is 8.26. The van der Waals surface area contributed by atoms with Crippen molar-refractivity contribution in [3.63, 3.8) is 0 Å². The Morgan fingerprint density at radius 2 is 1.92 bits per heavy atom. The smallest absolute Gasteiger partial charge is 0.276 e. The van der Waals surface area contributed by atoms with Crippen LogP contribution in [-0.2, 0) is 29.7 Å². The van der Waals surface area contributed by atoms with Gasteiger partial charge < -0.3 is 18.9 Å². The zero-order valence-corrected chi connectivity index (χ0v) is 15.8. The fourth-order valence-corrected chi connectivity index (χ4v) is 2.71. The fraction of sp³-hybridized carbons (Fsp3) is 0.588. The maximum Gasteiger partial charge on any atom is 0.276 e. The van der Waals surface area contributed by atoms with E-state index in [1.165, 1.54) is 0 Å². The maximum absolute atomic E-state index is 13.1. The molecule has 0 fully saturated rings. The highest BCUT2D eigenvalue weighted by Gasteiger charge is 2.26. The van der Waals surface area contributed by atoms with Gasteiger partial charge in [-0.2, -0.15) is 5.10 Å². The number of ether oxygens (including phenoxy) is 2. The topological polar surface area (TPSA) is 82.6 Å². The summed E-state index contributed by atoms with van der Waals surface area (Å²) in [6, 6.07) is 0. The first-order chi connectivity index (χ1) is 11.9. The van der Waals surface area contributed by atoms with Crippen molar-refractivity contribution in [3.8, 4) is 0 Å². The molecule has 8 heteroatoms. The number of rotatable bonds is 8. The molecule has 0 N–H and O–H groups in total. The fourth-order valence-electron chi connectivity index (χ4n) is 2.71. The molecule has 0 saturated carbocycles. The molecule has 2 rings (SSSR count). The van der Waals surface area contributed by atoms with E-state index >= 15 is 0 Å². The lowest BCUT2D eigenvalue weighted by molar-refractivity contribution is 0.0665. The zero-order chi connectivity index (χ0) is 18.6. The Hall–Kier alpha value is -2.19. The molecule has 0 spiro atoms. The number of amides is 1.